The molecule has 1 N–H and O–H groups in total. The van der Waals surface area contributed by atoms with Crippen molar-refractivity contribution < 1.29 is 4.39 Å². The Balaban J connectivity index is 2.32. The molecule has 2 nitrogen and oxygen atoms in total. The predicted molar refractivity (Wildman–Crippen MR) is 74.0 cm³/mol. The Kier molecular flexibility index (Phi) is 6.88. The fraction of sp³-hybridized carbons (Fsp3) is 0.667. The molecule has 0 radical (unpaired) electrons. The van der Waals surface area contributed by atoms with Gasteiger partial charge in [0.25, 0.3) is 0 Å². The Morgan fingerprint density at radius 3 is 2.67 bits per heavy atom. The molecule has 0 saturated heterocycles. The smallest absolute Gasteiger partial charge is 0.141 e. The van der Waals surface area contributed by atoms with Crippen molar-refractivity contribution in [2.75, 3.05) is 0 Å². The van der Waals surface area contributed by atoms with E-state index >= 15 is 0 Å². The summed E-state index contributed by atoms with van der Waals surface area (Å²) in [6.07, 6.45) is 9.29. The van der Waals surface area contributed by atoms with Crippen LogP contribution in [0.1, 0.15) is 64.5 Å². The molecule has 0 bridgehead atoms. The summed E-state index contributed by atoms with van der Waals surface area (Å²) in [6, 6.07) is 2.16. The average molecular weight is 252 g/mol. The first-order chi connectivity index (χ1) is 8.63. The summed E-state index contributed by atoms with van der Waals surface area (Å²) < 4.78 is 13.1. The van der Waals surface area contributed by atoms with Crippen LogP contribution in [-0.2, 0) is 0 Å². The molecule has 0 saturated carbocycles. The van der Waals surface area contributed by atoms with Crippen LogP contribution in [0.5, 0.6) is 0 Å². The molecule has 18 heavy (non-hydrogen) atoms. The summed E-state index contributed by atoms with van der Waals surface area (Å²) in [5.74, 6) is -0.267. The lowest BCUT2D eigenvalue weighted by Gasteiger charge is -2.20. The Labute approximate surface area is 110 Å². The number of hydrogen-bond acceptors (Lipinski definition) is 2. The Morgan fingerprint density at radius 2 is 2.00 bits per heavy atom. The van der Waals surface area contributed by atoms with Crippen molar-refractivity contribution in [1.29, 1.82) is 0 Å². The first-order valence-corrected chi connectivity index (χ1v) is 7.00. The van der Waals surface area contributed by atoms with Gasteiger partial charge >= 0.3 is 0 Å². The molecule has 1 aromatic rings. The van der Waals surface area contributed by atoms with Crippen LogP contribution in [0.2, 0.25) is 0 Å². The lowest BCUT2D eigenvalue weighted by Crippen LogP contribution is -2.29. The SMILES string of the molecule is CCCCCCC(C)NC(C)c1cncc(F)c1. The van der Waals surface area contributed by atoms with E-state index in [0.29, 0.717) is 6.04 Å². The second-order valence-electron chi connectivity index (χ2n) is 5.08. The molecule has 0 aromatic carbocycles. The fourth-order valence-electron chi connectivity index (χ4n) is 2.15. The molecule has 102 valence electrons. The van der Waals surface area contributed by atoms with Gasteiger partial charge in [0.15, 0.2) is 0 Å². The second kappa shape index (κ2) is 8.20. The van der Waals surface area contributed by atoms with E-state index in [2.05, 4.69) is 31.1 Å². The van der Waals surface area contributed by atoms with Crippen LogP contribution < -0.4 is 5.32 Å². The topological polar surface area (TPSA) is 24.9 Å². The molecule has 1 rings (SSSR count). The van der Waals surface area contributed by atoms with E-state index < -0.39 is 0 Å². The number of hydrogen-bond donors (Lipinski definition) is 1. The van der Waals surface area contributed by atoms with Gasteiger partial charge in [0.1, 0.15) is 5.82 Å². The highest BCUT2D eigenvalue weighted by Crippen LogP contribution is 2.14. The number of rotatable bonds is 8. The van der Waals surface area contributed by atoms with Crippen molar-refractivity contribution in [1.82, 2.24) is 10.3 Å². The molecule has 0 aliphatic rings. The van der Waals surface area contributed by atoms with E-state index in [1.807, 2.05) is 0 Å². The van der Waals surface area contributed by atoms with E-state index in [1.54, 1.807) is 12.3 Å². The summed E-state index contributed by atoms with van der Waals surface area (Å²) >= 11 is 0. The van der Waals surface area contributed by atoms with Gasteiger partial charge < -0.3 is 5.32 Å². The van der Waals surface area contributed by atoms with E-state index in [1.165, 1.54) is 38.3 Å². The minimum atomic E-state index is -0.267. The van der Waals surface area contributed by atoms with Gasteiger partial charge in [-0.3, -0.25) is 4.98 Å². The van der Waals surface area contributed by atoms with Crippen molar-refractivity contribution in [2.45, 2.75) is 65.0 Å². The maximum Gasteiger partial charge on any atom is 0.141 e. The highest BCUT2D eigenvalue weighted by Gasteiger charge is 2.10. The second-order valence-corrected chi connectivity index (χ2v) is 5.08. The van der Waals surface area contributed by atoms with E-state index in [4.69, 9.17) is 0 Å². The van der Waals surface area contributed by atoms with Crippen molar-refractivity contribution in [2.24, 2.45) is 0 Å². The van der Waals surface area contributed by atoms with Crippen LogP contribution in [-0.4, -0.2) is 11.0 Å². The summed E-state index contributed by atoms with van der Waals surface area (Å²) in [7, 11) is 0. The standard InChI is InChI=1S/C15H25FN2/c1-4-5-6-7-8-12(2)18-13(3)14-9-15(16)11-17-10-14/h9-13,18H,4-8H2,1-3H3. The van der Waals surface area contributed by atoms with E-state index in [-0.39, 0.29) is 11.9 Å². The summed E-state index contributed by atoms with van der Waals surface area (Å²) in [5.41, 5.74) is 0.912. The van der Waals surface area contributed by atoms with Crippen molar-refractivity contribution in [3.05, 3.63) is 29.8 Å². The molecule has 0 fully saturated rings. The zero-order chi connectivity index (χ0) is 13.4. The number of nitrogens with one attached hydrogen (secondary N) is 1. The van der Waals surface area contributed by atoms with E-state index in [0.717, 1.165) is 5.56 Å². The predicted octanol–water partition coefficient (Wildman–Crippen LogP) is 4.23. The molecule has 2 unspecified atom stereocenters. The molecular weight excluding hydrogens is 227 g/mol. The van der Waals surface area contributed by atoms with Gasteiger partial charge in [0.05, 0.1) is 6.20 Å². The summed E-state index contributed by atoms with van der Waals surface area (Å²) in [6.45, 7) is 6.47. The molecule has 0 aliphatic heterocycles. The lowest BCUT2D eigenvalue weighted by molar-refractivity contribution is 0.436. The van der Waals surface area contributed by atoms with Crippen LogP contribution in [0.3, 0.4) is 0 Å². The molecule has 3 heteroatoms. The number of unbranched alkanes of at least 4 members (excludes halogenated alkanes) is 3. The molecule has 0 spiro atoms. The molecule has 0 aliphatic carbocycles. The van der Waals surface area contributed by atoms with Crippen LogP contribution >= 0.6 is 0 Å². The van der Waals surface area contributed by atoms with Crippen molar-refractivity contribution >= 4 is 0 Å². The Hall–Kier alpha value is -0.960. The molecule has 1 aromatic heterocycles. The number of aromatic nitrogens is 1. The third-order valence-corrected chi connectivity index (χ3v) is 3.25. The van der Waals surface area contributed by atoms with E-state index in [9.17, 15) is 4.39 Å². The number of pyridine rings is 1. The Morgan fingerprint density at radius 1 is 1.22 bits per heavy atom. The molecule has 0 amide bonds. The highest BCUT2D eigenvalue weighted by atomic mass is 19.1. The first kappa shape index (κ1) is 15.1. The Bertz CT molecular complexity index is 341. The van der Waals surface area contributed by atoms with Crippen molar-refractivity contribution in [3.8, 4) is 0 Å². The largest absolute Gasteiger partial charge is 0.308 e. The molecule has 2 atom stereocenters. The zero-order valence-electron chi connectivity index (χ0n) is 11.7. The third kappa shape index (κ3) is 5.58. The maximum atomic E-state index is 13.1. The summed E-state index contributed by atoms with van der Waals surface area (Å²) in [4.78, 5) is 3.88. The van der Waals surface area contributed by atoms with Crippen LogP contribution in [0.15, 0.2) is 18.5 Å². The first-order valence-electron chi connectivity index (χ1n) is 7.00. The fourth-order valence-corrected chi connectivity index (χ4v) is 2.15. The average Bonchev–Trinajstić information content (AvgIpc) is 2.34. The minimum Gasteiger partial charge on any atom is -0.308 e. The van der Waals surface area contributed by atoms with Crippen LogP contribution in [0.4, 0.5) is 4.39 Å². The van der Waals surface area contributed by atoms with Gasteiger partial charge in [-0.25, -0.2) is 4.39 Å². The van der Waals surface area contributed by atoms with Gasteiger partial charge in [0, 0.05) is 18.3 Å². The van der Waals surface area contributed by atoms with Gasteiger partial charge in [-0.1, -0.05) is 32.6 Å². The van der Waals surface area contributed by atoms with Gasteiger partial charge in [-0.15, -0.1) is 0 Å². The van der Waals surface area contributed by atoms with Gasteiger partial charge in [-0.05, 0) is 31.9 Å². The lowest BCUT2D eigenvalue weighted by atomic mass is 10.1. The van der Waals surface area contributed by atoms with Crippen molar-refractivity contribution in [3.63, 3.8) is 0 Å². The molecular formula is C15H25FN2. The monoisotopic (exact) mass is 252 g/mol. The number of halogens is 1. The van der Waals surface area contributed by atoms with Crippen LogP contribution in [0.25, 0.3) is 0 Å². The highest BCUT2D eigenvalue weighted by molar-refractivity contribution is 5.14. The van der Waals surface area contributed by atoms with Crippen LogP contribution in [0, 0.1) is 5.82 Å². The quantitative estimate of drug-likeness (QED) is 0.700. The zero-order valence-corrected chi connectivity index (χ0v) is 11.7. The van der Waals surface area contributed by atoms with Gasteiger partial charge in [-0.2, -0.15) is 0 Å². The normalized spacial score (nSPS) is 14.4. The minimum absolute atomic E-state index is 0.148. The summed E-state index contributed by atoms with van der Waals surface area (Å²) in [5, 5.41) is 3.49. The van der Waals surface area contributed by atoms with Gasteiger partial charge in [0.2, 0.25) is 0 Å². The maximum absolute atomic E-state index is 13.1. The third-order valence-electron chi connectivity index (χ3n) is 3.25. The molecule has 1 heterocycles. The number of nitrogens with zero attached hydrogens (tertiary/aromatic N) is 1.